The van der Waals surface area contributed by atoms with E-state index >= 15 is 0 Å². The molecule has 0 bridgehead atoms. The van der Waals surface area contributed by atoms with Gasteiger partial charge in [-0.25, -0.2) is 4.98 Å². The van der Waals surface area contributed by atoms with Crippen LogP contribution in [-0.2, 0) is 0 Å². The fourth-order valence-corrected chi connectivity index (χ4v) is 3.39. The molecule has 0 spiro atoms. The van der Waals surface area contributed by atoms with E-state index in [9.17, 15) is 9.59 Å². The summed E-state index contributed by atoms with van der Waals surface area (Å²) in [5.74, 6) is 0.192. The number of carbonyl (C=O) groups excluding carboxylic acids is 1. The lowest BCUT2D eigenvalue weighted by Gasteiger charge is -2.19. The zero-order valence-electron chi connectivity index (χ0n) is 13.9. The number of aromatic nitrogens is 2. The van der Waals surface area contributed by atoms with Gasteiger partial charge in [-0.2, -0.15) is 0 Å². The molecule has 0 aliphatic heterocycles. The average molecular weight is 369 g/mol. The van der Waals surface area contributed by atoms with E-state index in [2.05, 4.69) is 4.98 Å². The van der Waals surface area contributed by atoms with Crippen LogP contribution in [0.25, 0.3) is 16.6 Å². The van der Waals surface area contributed by atoms with Crippen LogP contribution in [0.1, 0.15) is 35.1 Å². The standard InChI is InChI=1S/C19H17ClN4O2/c20-13-5-2-6-14-15(13)19(26)24(18(23-14)16(21)10-7-8-10)12-4-1-3-11(9-12)17(22)25/h1-6,9-10,16H,7-8,21H2,(H2,22,25)/t16-/m0/s1. The molecule has 1 saturated carbocycles. The lowest BCUT2D eigenvalue weighted by atomic mass is 10.1. The number of halogens is 1. The number of primary amides is 1. The summed E-state index contributed by atoms with van der Waals surface area (Å²) in [6.45, 7) is 0. The van der Waals surface area contributed by atoms with Gasteiger partial charge in [-0.15, -0.1) is 0 Å². The van der Waals surface area contributed by atoms with Crippen molar-refractivity contribution in [3.8, 4) is 5.69 Å². The number of hydrogen-bond acceptors (Lipinski definition) is 4. The van der Waals surface area contributed by atoms with E-state index in [0.717, 1.165) is 12.8 Å². The van der Waals surface area contributed by atoms with Crippen molar-refractivity contribution in [2.24, 2.45) is 17.4 Å². The van der Waals surface area contributed by atoms with Crippen molar-refractivity contribution in [2.75, 3.05) is 0 Å². The Morgan fingerprint density at radius 3 is 2.65 bits per heavy atom. The highest BCUT2D eigenvalue weighted by Crippen LogP contribution is 2.39. The van der Waals surface area contributed by atoms with Crippen molar-refractivity contribution in [2.45, 2.75) is 18.9 Å². The van der Waals surface area contributed by atoms with Crippen LogP contribution >= 0.6 is 11.6 Å². The Bertz CT molecular complexity index is 1090. The molecule has 1 aliphatic carbocycles. The molecule has 2 aromatic carbocycles. The second-order valence-corrected chi connectivity index (χ2v) is 6.93. The van der Waals surface area contributed by atoms with E-state index in [0.29, 0.717) is 38.9 Å². The molecule has 1 heterocycles. The number of benzene rings is 2. The zero-order valence-corrected chi connectivity index (χ0v) is 14.6. The van der Waals surface area contributed by atoms with Gasteiger partial charge in [0, 0.05) is 5.56 Å². The highest BCUT2D eigenvalue weighted by Gasteiger charge is 2.33. The van der Waals surface area contributed by atoms with Crippen molar-refractivity contribution < 1.29 is 4.79 Å². The highest BCUT2D eigenvalue weighted by molar-refractivity contribution is 6.35. The molecular formula is C19H17ClN4O2. The molecule has 132 valence electrons. The van der Waals surface area contributed by atoms with E-state index in [1.54, 1.807) is 42.5 Å². The molecule has 1 aliphatic rings. The maximum Gasteiger partial charge on any atom is 0.267 e. The molecule has 1 amide bonds. The first-order valence-electron chi connectivity index (χ1n) is 8.34. The SMILES string of the molecule is NC(=O)c1cccc(-n2c([C@@H](N)C3CC3)nc3cccc(Cl)c3c2=O)c1. The quantitative estimate of drug-likeness (QED) is 0.738. The minimum atomic E-state index is -0.570. The molecule has 0 unspecified atom stereocenters. The highest BCUT2D eigenvalue weighted by atomic mass is 35.5. The molecule has 26 heavy (non-hydrogen) atoms. The van der Waals surface area contributed by atoms with Gasteiger partial charge in [-0.1, -0.05) is 23.7 Å². The Morgan fingerprint density at radius 2 is 1.96 bits per heavy atom. The van der Waals surface area contributed by atoms with E-state index in [1.807, 2.05) is 0 Å². The summed E-state index contributed by atoms with van der Waals surface area (Å²) >= 11 is 6.25. The summed E-state index contributed by atoms with van der Waals surface area (Å²) in [7, 11) is 0. The maximum absolute atomic E-state index is 13.3. The van der Waals surface area contributed by atoms with Crippen LogP contribution in [-0.4, -0.2) is 15.5 Å². The van der Waals surface area contributed by atoms with Gasteiger partial charge in [0.2, 0.25) is 5.91 Å². The molecule has 4 rings (SSSR count). The predicted octanol–water partition coefficient (Wildman–Crippen LogP) is 2.55. The largest absolute Gasteiger partial charge is 0.366 e. The van der Waals surface area contributed by atoms with E-state index in [-0.39, 0.29) is 11.6 Å². The van der Waals surface area contributed by atoms with E-state index in [4.69, 9.17) is 23.1 Å². The third-order valence-corrected chi connectivity index (χ3v) is 5.00. The molecule has 4 N–H and O–H groups in total. The van der Waals surface area contributed by atoms with Gasteiger partial charge in [-0.3, -0.25) is 14.2 Å². The van der Waals surface area contributed by atoms with Crippen molar-refractivity contribution in [1.29, 1.82) is 0 Å². The molecule has 0 saturated heterocycles. The van der Waals surface area contributed by atoms with Crippen molar-refractivity contribution in [3.63, 3.8) is 0 Å². The van der Waals surface area contributed by atoms with Crippen molar-refractivity contribution in [1.82, 2.24) is 9.55 Å². The summed E-state index contributed by atoms with van der Waals surface area (Å²) in [5.41, 5.74) is 12.8. The lowest BCUT2D eigenvalue weighted by molar-refractivity contribution is 0.1000. The monoisotopic (exact) mass is 368 g/mol. The third-order valence-electron chi connectivity index (χ3n) is 4.69. The predicted molar refractivity (Wildman–Crippen MR) is 101 cm³/mol. The van der Waals surface area contributed by atoms with E-state index < -0.39 is 5.91 Å². The maximum atomic E-state index is 13.3. The van der Waals surface area contributed by atoms with Crippen LogP contribution in [0.4, 0.5) is 0 Å². The summed E-state index contributed by atoms with van der Waals surface area (Å²) in [6, 6.07) is 11.3. The number of nitrogens with two attached hydrogens (primary N) is 2. The summed E-state index contributed by atoms with van der Waals surface area (Å²) in [4.78, 5) is 29.5. The fraction of sp³-hybridized carbons (Fsp3) is 0.211. The van der Waals surface area contributed by atoms with E-state index in [1.165, 1.54) is 4.57 Å². The Kier molecular flexibility index (Phi) is 4.01. The molecule has 1 aromatic heterocycles. The minimum absolute atomic E-state index is 0.295. The molecule has 3 aromatic rings. The normalized spacial score (nSPS) is 15.2. The van der Waals surface area contributed by atoms with Gasteiger partial charge in [0.1, 0.15) is 5.82 Å². The molecule has 0 radical (unpaired) electrons. The summed E-state index contributed by atoms with van der Waals surface area (Å²) in [5, 5.41) is 0.650. The van der Waals surface area contributed by atoms with Crippen LogP contribution in [0.5, 0.6) is 0 Å². The smallest absolute Gasteiger partial charge is 0.267 e. The van der Waals surface area contributed by atoms with Crippen LogP contribution in [0, 0.1) is 5.92 Å². The van der Waals surface area contributed by atoms with Gasteiger partial charge < -0.3 is 11.5 Å². The minimum Gasteiger partial charge on any atom is -0.366 e. The first kappa shape index (κ1) is 16.8. The molecule has 1 atom stereocenters. The summed E-state index contributed by atoms with van der Waals surface area (Å²) < 4.78 is 1.45. The van der Waals surface area contributed by atoms with Crippen LogP contribution < -0.4 is 17.0 Å². The average Bonchev–Trinajstić information content (AvgIpc) is 3.46. The molecule has 1 fully saturated rings. The topological polar surface area (TPSA) is 104 Å². The number of fused-ring (bicyclic) bond motifs is 1. The van der Waals surface area contributed by atoms with Gasteiger partial charge >= 0.3 is 0 Å². The van der Waals surface area contributed by atoms with Crippen molar-refractivity contribution >= 4 is 28.4 Å². The number of hydrogen-bond donors (Lipinski definition) is 2. The zero-order chi connectivity index (χ0) is 18.4. The Balaban J connectivity index is 2.05. The number of carbonyl (C=O) groups is 1. The lowest BCUT2D eigenvalue weighted by Crippen LogP contribution is -2.29. The summed E-state index contributed by atoms with van der Waals surface area (Å²) in [6.07, 6.45) is 2.01. The molecule has 7 heteroatoms. The molecule has 6 nitrogen and oxygen atoms in total. The number of amides is 1. The van der Waals surface area contributed by atoms with Crippen LogP contribution in [0.2, 0.25) is 5.02 Å². The Labute approximate surface area is 154 Å². The van der Waals surface area contributed by atoms with Gasteiger partial charge in [-0.05, 0) is 49.1 Å². The Hall–Kier alpha value is -2.70. The van der Waals surface area contributed by atoms with Gasteiger partial charge in [0.05, 0.1) is 27.7 Å². The second kappa shape index (κ2) is 6.23. The fourth-order valence-electron chi connectivity index (χ4n) is 3.14. The first-order chi connectivity index (χ1) is 12.5. The van der Waals surface area contributed by atoms with Crippen molar-refractivity contribution in [3.05, 3.63) is 69.2 Å². The number of rotatable bonds is 4. The third kappa shape index (κ3) is 2.77. The van der Waals surface area contributed by atoms with Crippen LogP contribution in [0.15, 0.2) is 47.3 Å². The second-order valence-electron chi connectivity index (χ2n) is 6.52. The van der Waals surface area contributed by atoms with Crippen LogP contribution in [0.3, 0.4) is 0 Å². The molecular weight excluding hydrogens is 352 g/mol. The van der Waals surface area contributed by atoms with Gasteiger partial charge in [0.15, 0.2) is 0 Å². The Morgan fingerprint density at radius 1 is 1.23 bits per heavy atom. The first-order valence-corrected chi connectivity index (χ1v) is 8.72. The van der Waals surface area contributed by atoms with Gasteiger partial charge in [0.25, 0.3) is 5.56 Å². The number of nitrogens with zero attached hydrogens (tertiary/aromatic N) is 2.